The van der Waals surface area contributed by atoms with Crippen LogP contribution in [-0.4, -0.2) is 19.2 Å². The largest absolute Gasteiger partial charge is 0.493 e. The van der Waals surface area contributed by atoms with Crippen molar-refractivity contribution >= 4 is 16.3 Å². The summed E-state index contributed by atoms with van der Waals surface area (Å²) >= 11 is 1.51. The summed E-state index contributed by atoms with van der Waals surface area (Å²) in [5.41, 5.74) is 7.66. The predicted molar refractivity (Wildman–Crippen MR) is 74.4 cm³/mol. The molecule has 0 bridgehead atoms. The van der Waals surface area contributed by atoms with Gasteiger partial charge in [-0.1, -0.05) is 13.0 Å². The van der Waals surface area contributed by atoms with Gasteiger partial charge in [0.25, 0.3) is 0 Å². The number of anilines is 1. The summed E-state index contributed by atoms with van der Waals surface area (Å²) in [6.45, 7) is 2.06. The Balaban J connectivity index is 2.59. The standard InChI is InChI=1S/C13H16N2O2S/c1-4-10-15-11(13(14)18-10)8-6-5-7-9(16-2)12(8)17-3/h5-7H,4,14H2,1-3H3. The van der Waals surface area contributed by atoms with Gasteiger partial charge >= 0.3 is 0 Å². The van der Waals surface area contributed by atoms with E-state index in [0.29, 0.717) is 16.5 Å². The van der Waals surface area contributed by atoms with E-state index in [1.165, 1.54) is 11.3 Å². The average Bonchev–Trinajstić information content (AvgIpc) is 2.78. The zero-order valence-electron chi connectivity index (χ0n) is 10.7. The molecule has 5 heteroatoms. The molecule has 2 rings (SSSR count). The number of hydrogen-bond acceptors (Lipinski definition) is 5. The van der Waals surface area contributed by atoms with Crippen molar-refractivity contribution in [2.75, 3.05) is 20.0 Å². The van der Waals surface area contributed by atoms with Crippen LogP contribution >= 0.6 is 11.3 Å². The second-order valence-electron chi connectivity index (χ2n) is 3.72. The third-order valence-electron chi connectivity index (χ3n) is 2.66. The molecule has 18 heavy (non-hydrogen) atoms. The summed E-state index contributed by atoms with van der Waals surface area (Å²) in [7, 11) is 3.23. The lowest BCUT2D eigenvalue weighted by molar-refractivity contribution is 0.356. The molecule has 0 amide bonds. The maximum Gasteiger partial charge on any atom is 0.170 e. The van der Waals surface area contributed by atoms with E-state index in [0.717, 1.165) is 22.7 Å². The summed E-state index contributed by atoms with van der Waals surface area (Å²) in [6.07, 6.45) is 0.876. The van der Waals surface area contributed by atoms with Crippen LogP contribution in [-0.2, 0) is 6.42 Å². The highest BCUT2D eigenvalue weighted by atomic mass is 32.1. The molecule has 1 aromatic carbocycles. The van der Waals surface area contributed by atoms with E-state index in [2.05, 4.69) is 11.9 Å². The zero-order valence-corrected chi connectivity index (χ0v) is 11.5. The van der Waals surface area contributed by atoms with Gasteiger partial charge in [0.1, 0.15) is 10.7 Å². The number of thiazole rings is 1. The van der Waals surface area contributed by atoms with E-state index in [1.807, 2.05) is 18.2 Å². The Hall–Kier alpha value is -1.75. The lowest BCUT2D eigenvalue weighted by atomic mass is 10.1. The maximum absolute atomic E-state index is 6.02. The van der Waals surface area contributed by atoms with Gasteiger partial charge in [-0.25, -0.2) is 4.98 Å². The second-order valence-corrected chi connectivity index (χ2v) is 4.83. The third kappa shape index (κ3) is 2.13. The fraction of sp³-hybridized carbons (Fsp3) is 0.308. The number of benzene rings is 1. The number of nitrogen functional groups attached to an aromatic ring is 1. The van der Waals surface area contributed by atoms with Crippen LogP contribution in [0.15, 0.2) is 18.2 Å². The van der Waals surface area contributed by atoms with Gasteiger partial charge in [-0.3, -0.25) is 0 Å². The molecule has 0 aliphatic carbocycles. The monoisotopic (exact) mass is 264 g/mol. The predicted octanol–water partition coefficient (Wildman–Crippen LogP) is 2.97. The third-order valence-corrected chi connectivity index (χ3v) is 3.69. The molecule has 2 aromatic rings. The number of ether oxygens (including phenoxy) is 2. The molecule has 0 aliphatic heterocycles. The number of hydrogen-bond donors (Lipinski definition) is 1. The molecule has 2 N–H and O–H groups in total. The highest BCUT2D eigenvalue weighted by molar-refractivity contribution is 7.16. The minimum absolute atomic E-state index is 0.666. The summed E-state index contributed by atoms with van der Waals surface area (Å²) in [5.74, 6) is 1.35. The van der Waals surface area contributed by atoms with E-state index in [-0.39, 0.29) is 0 Å². The first kappa shape index (κ1) is 12.7. The Kier molecular flexibility index (Phi) is 3.72. The smallest absolute Gasteiger partial charge is 0.170 e. The average molecular weight is 264 g/mol. The lowest BCUT2D eigenvalue weighted by Crippen LogP contribution is -1.95. The minimum atomic E-state index is 0.666. The normalized spacial score (nSPS) is 10.4. The van der Waals surface area contributed by atoms with Gasteiger partial charge in [0.15, 0.2) is 11.5 Å². The number of rotatable bonds is 4. The molecular formula is C13H16N2O2S. The Labute approximate surface area is 110 Å². The van der Waals surface area contributed by atoms with Crippen LogP contribution in [0, 0.1) is 0 Å². The Morgan fingerprint density at radius 1 is 1.28 bits per heavy atom. The van der Waals surface area contributed by atoms with E-state index in [9.17, 15) is 0 Å². The van der Waals surface area contributed by atoms with Gasteiger partial charge < -0.3 is 15.2 Å². The zero-order chi connectivity index (χ0) is 13.1. The van der Waals surface area contributed by atoms with E-state index in [4.69, 9.17) is 15.2 Å². The molecule has 4 nitrogen and oxygen atoms in total. The number of para-hydroxylation sites is 1. The summed E-state index contributed by atoms with van der Waals surface area (Å²) < 4.78 is 10.7. The number of nitrogens with two attached hydrogens (primary N) is 1. The molecule has 1 aromatic heterocycles. The van der Waals surface area contributed by atoms with Crippen LogP contribution in [0.5, 0.6) is 11.5 Å². The quantitative estimate of drug-likeness (QED) is 0.922. The van der Waals surface area contributed by atoms with Crippen LogP contribution in [0.25, 0.3) is 11.3 Å². The summed E-state index contributed by atoms with van der Waals surface area (Å²) in [4.78, 5) is 4.54. The van der Waals surface area contributed by atoms with Crippen LogP contribution in [0.1, 0.15) is 11.9 Å². The highest BCUT2D eigenvalue weighted by Crippen LogP contribution is 2.41. The van der Waals surface area contributed by atoms with E-state index in [1.54, 1.807) is 14.2 Å². The first-order chi connectivity index (χ1) is 8.71. The molecule has 0 fully saturated rings. The Morgan fingerprint density at radius 2 is 2.06 bits per heavy atom. The van der Waals surface area contributed by atoms with Crippen molar-refractivity contribution in [1.29, 1.82) is 0 Å². The van der Waals surface area contributed by atoms with Gasteiger partial charge in [-0.05, 0) is 18.6 Å². The number of nitrogens with zero attached hydrogens (tertiary/aromatic N) is 1. The molecule has 0 atom stereocenters. The molecule has 0 unspecified atom stereocenters. The van der Waals surface area contributed by atoms with Crippen LogP contribution in [0.3, 0.4) is 0 Å². The van der Waals surface area contributed by atoms with Crippen molar-refractivity contribution in [2.24, 2.45) is 0 Å². The molecule has 0 saturated carbocycles. The van der Waals surface area contributed by atoms with E-state index >= 15 is 0 Å². The van der Waals surface area contributed by atoms with Crippen molar-refractivity contribution in [2.45, 2.75) is 13.3 Å². The minimum Gasteiger partial charge on any atom is -0.493 e. The molecule has 0 spiro atoms. The van der Waals surface area contributed by atoms with Gasteiger partial charge in [0.05, 0.1) is 19.2 Å². The molecule has 1 heterocycles. The SMILES string of the molecule is CCc1nc(-c2cccc(OC)c2OC)c(N)s1. The van der Waals surface area contributed by atoms with Crippen LogP contribution < -0.4 is 15.2 Å². The van der Waals surface area contributed by atoms with Crippen molar-refractivity contribution in [3.8, 4) is 22.8 Å². The molecule has 0 saturated heterocycles. The number of aromatic nitrogens is 1. The van der Waals surface area contributed by atoms with Crippen molar-refractivity contribution in [3.05, 3.63) is 23.2 Å². The van der Waals surface area contributed by atoms with Gasteiger partial charge in [0, 0.05) is 5.56 Å². The Bertz CT molecular complexity index is 552. The maximum atomic E-state index is 6.02. The molecule has 0 aliphatic rings. The number of aryl methyl sites for hydroxylation is 1. The molecule has 96 valence electrons. The molecular weight excluding hydrogens is 248 g/mol. The topological polar surface area (TPSA) is 57.4 Å². The van der Waals surface area contributed by atoms with Crippen LogP contribution in [0.2, 0.25) is 0 Å². The fourth-order valence-corrected chi connectivity index (χ4v) is 2.58. The van der Waals surface area contributed by atoms with Crippen molar-refractivity contribution in [3.63, 3.8) is 0 Å². The van der Waals surface area contributed by atoms with Crippen molar-refractivity contribution < 1.29 is 9.47 Å². The van der Waals surface area contributed by atoms with Gasteiger partial charge in [-0.2, -0.15) is 0 Å². The summed E-state index contributed by atoms with van der Waals surface area (Å²) in [5, 5.41) is 1.73. The van der Waals surface area contributed by atoms with Crippen molar-refractivity contribution in [1.82, 2.24) is 4.98 Å². The Morgan fingerprint density at radius 3 is 2.61 bits per heavy atom. The first-order valence-electron chi connectivity index (χ1n) is 5.67. The highest BCUT2D eigenvalue weighted by Gasteiger charge is 2.17. The number of methoxy groups -OCH3 is 2. The molecule has 0 radical (unpaired) electrons. The van der Waals surface area contributed by atoms with Crippen LogP contribution in [0.4, 0.5) is 5.00 Å². The summed E-state index contributed by atoms with van der Waals surface area (Å²) in [6, 6.07) is 5.69. The van der Waals surface area contributed by atoms with Gasteiger partial charge in [0.2, 0.25) is 0 Å². The van der Waals surface area contributed by atoms with E-state index < -0.39 is 0 Å². The first-order valence-corrected chi connectivity index (χ1v) is 6.49. The lowest BCUT2D eigenvalue weighted by Gasteiger charge is -2.11. The van der Waals surface area contributed by atoms with Gasteiger partial charge in [-0.15, -0.1) is 11.3 Å². The second kappa shape index (κ2) is 5.27. The fourth-order valence-electron chi connectivity index (χ4n) is 1.80.